The first-order valence-corrected chi connectivity index (χ1v) is 7.42. The van der Waals surface area contributed by atoms with Gasteiger partial charge in [-0.2, -0.15) is 14.8 Å². The van der Waals surface area contributed by atoms with E-state index < -0.39 is 10.0 Å². The van der Waals surface area contributed by atoms with E-state index in [2.05, 4.69) is 5.32 Å². The van der Waals surface area contributed by atoms with Crippen molar-refractivity contribution in [3.8, 4) is 12.1 Å². The van der Waals surface area contributed by atoms with Crippen LogP contribution in [0.3, 0.4) is 0 Å². The van der Waals surface area contributed by atoms with Crippen molar-refractivity contribution in [2.75, 3.05) is 20.1 Å². The first-order valence-electron chi connectivity index (χ1n) is 5.98. The second-order valence-corrected chi connectivity index (χ2v) is 6.11. The molecule has 0 aliphatic heterocycles. The van der Waals surface area contributed by atoms with Gasteiger partial charge in [-0.05, 0) is 31.7 Å². The summed E-state index contributed by atoms with van der Waals surface area (Å²) >= 11 is 0. The number of nitriles is 2. The first-order chi connectivity index (χ1) is 9.47. The van der Waals surface area contributed by atoms with Crippen LogP contribution in [0.2, 0.25) is 0 Å². The molecule has 1 aromatic carbocycles. The second-order valence-electron chi connectivity index (χ2n) is 4.17. The zero-order chi connectivity index (χ0) is 15.2. The molecule has 1 unspecified atom stereocenters. The van der Waals surface area contributed by atoms with E-state index in [1.54, 1.807) is 24.3 Å². The van der Waals surface area contributed by atoms with Gasteiger partial charge in [0.2, 0.25) is 10.0 Å². The summed E-state index contributed by atoms with van der Waals surface area (Å²) in [6, 6.07) is 10.0. The maximum atomic E-state index is 12.3. The zero-order valence-corrected chi connectivity index (χ0v) is 12.2. The minimum atomic E-state index is -3.81. The Labute approximate surface area is 119 Å². The lowest BCUT2D eigenvalue weighted by Gasteiger charge is -2.17. The average Bonchev–Trinajstić information content (AvgIpc) is 2.46. The highest BCUT2D eigenvalue weighted by Gasteiger charge is 2.24. The molecule has 1 N–H and O–H groups in total. The monoisotopic (exact) mass is 292 g/mol. The van der Waals surface area contributed by atoms with Crippen molar-refractivity contribution < 1.29 is 8.42 Å². The van der Waals surface area contributed by atoms with Gasteiger partial charge in [0.15, 0.2) is 0 Å². The summed E-state index contributed by atoms with van der Waals surface area (Å²) < 4.78 is 25.4. The number of benzene rings is 1. The summed E-state index contributed by atoms with van der Waals surface area (Å²) in [6.45, 7) is 1.27. The van der Waals surface area contributed by atoms with Crippen molar-refractivity contribution in [1.29, 1.82) is 10.5 Å². The summed E-state index contributed by atoms with van der Waals surface area (Å²) in [5.74, 6) is 0. The minimum absolute atomic E-state index is 0.0788. The number of nitrogens with zero attached hydrogens (tertiary/aromatic N) is 3. The molecule has 0 amide bonds. The molecule has 20 heavy (non-hydrogen) atoms. The number of hydrogen-bond acceptors (Lipinski definition) is 5. The maximum Gasteiger partial charge on any atom is 0.244 e. The fraction of sp³-hybridized carbons (Fsp3) is 0.385. The molecule has 0 saturated heterocycles. The number of hydrogen-bond donors (Lipinski definition) is 1. The Morgan fingerprint density at radius 1 is 1.20 bits per heavy atom. The fourth-order valence-corrected chi connectivity index (χ4v) is 2.86. The molecule has 106 valence electrons. The molecule has 7 heteroatoms. The third-order valence-corrected chi connectivity index (χ3v) is 4.75. The lowest BCUT2D eigenvalue weighted by Crippen LogP contribution is -2.31. The van der Waals surface area contributed by atoms with Crippen molar-refractivity contribution in [2.45, 2.75) is 17.9 Å². The molecule has 0 radical (unpaired) electrons. The molecule has 6 nitrogen and oxygen atoms in total. The minimum Gasteiger partial charge on any atom is -0.313 e. The van der Waals surface area contributed by atoms with E-state index in [9.17, 15) is 8.42 Å². The SMILES string of the molecule is CNC(C)c1ccc(S(=O)(=O)N(CC#N)CC#N)cc1. The molecular formula is C13H16N4O2S. The predicted molar refractivity (Wildman–Crippen MR) is 73.9 cm³/mol. The van der Waals surface area contributed by atoms with Gasteiger partial charge in [-0.3, -0.25) is 0 Å². The standard InChI is InChI=1S/C13H16N4O2S/c1-11(16-2)12-3-5-13(6-4-12)20(18,19)17(9-7-14)10-8-15/h3-6,11,16H,9-10H2,1-2H3. The molecule has 0 spiro atoms. The Bertz CT molecular complexity index is 610. The Kier molecular flexibility index (Phi) is 5.66. The molecule has 1 aromatic rings. The van der Waals surface area contributed by atoms with Crippen LogP contribution in [0, 0.1) is 22.7 Å². The number of nitrogens with one attached hydrogen (secondary N) is 1. The van der Waals surface area contributed by atoms with Crippen LogP contribution in [-0.4, -0.2) is 32.9 Å². The van der Waals surface area contributed by atoms with Crippen LogP contribution in [0.4, 0.5) is 0 Å². The highest BCUT2D eigenvalue weighted by molar-refractivity contribution is 7.89. The zero-order valence-electron chi connectivity index (χ0n) is 11.4. The van der Waals surface area contributed by atoms with Gasteiger partial charge in [-0.25, -0.2) is 8.42 Å². The average molecular weight is 292 g/mol. The lowest BCUT2D eigenvalue weighted by atomic mass is 10.1. The van der Waals surface area contributed by atoms with E-state index in [1.165, 1.54) is 12.1 Å². The summed E-state index contributed by atoms with van der Waals surface area (Å²) in [6.07, 6.45) is 0. The van der Waals surface area contributed by atoms with Crippen LogP contribution in [0.15, 0.2) is 29.2 Å². The molecular weight excluding hydrogens is 276 g/mol. The molecule has 0 saturated carbocycles. The van der Waals surface area contributed by atoms with Gasteiger partial charge < -0.3 is 5.32 Å². The molecule has 0 aliphatic carbocycles. The molecule has 1 rings (SSSR count). The molecule has 0 aliphatic rings. The Hall–Kier alpha value is -1.93. The van der Waals surface area contributed by atoms with Crippen molar-refractivity contribution in [3.05, 3.63) is 29.8 Å². The van der Waals surface area contributed by atoms with E-state index in [0.29, 0.717) is 0 Å². The molecule has 0 heterocycles. The van der Waals surface area contributed by atoms with Crippen molar-refractivity contribution in [2.24, 2.45) is 0 Å². The van der Waals surface area contributed by atoms with Gasteiger partial charge >= 0.3 is 0 Å². The molecule has 0 fully saturated rings. The third kappa shape index (κ3) is 3.55. The third-order valence-electron chi connectivity index (χ3n) is 2.95. The molecule has 1 atom stereocenters. The molecule has 0 bridgehead atoms. The summed E-state index contributed by atoms with van der Waals surface area (Å²) in [7, 11) is -1.99. The maximum absolute atomic E-state index is 12.3. The van der Waals surface area contributed by atoms with E-state index in [0.717, 1.165) is 9.87 Å². The van der Waals surface area contributed by atoms with Crippen molar-refractivity contribution in [3.63, 3.8) is 0 Å². The fourth-order valence-electron chi connectivity index (χ4n) is 1.63. The van der Waals surface area contributed by atoms with E-state index in [1.807, 2.05) is 14.0 Å². The van der Waals surface area contributed by atoms with E-state index in [-0.39, 0.29) is 24.0 Å². The Balaban J connectivity index is 3.09. The normalized spacial score (nSPS) is 12.7. The van der Waals surface area contributed by atoms with Crippen molar-refractivity contribution >= 4 is 10.0 Å². The van der Waals surface area contributed by atoms with Gasteiger partial charge in [0.05, 0.1) is 17.0 Å². The smallest absolute Gasteiger partial charge is 0.244 e. The van der Waals surface area contributed by atoms with Crippen LogP contribution in [0.5, 0.6) is 0 Å². The predicted octanol–water partition coefficient (Wildman–Crippen LogP) is 1.00. The highest BCUT2D eigenvalue weighted by Crippen LogP contribution is 2.19. The van der Waals surface area contributed by atoms with Crippen molar-refractivity contribution in [1.82, 2.24) is 9.62 Å². The van der Waals surface area contributed by atoms with E-state index in [4.69, 9.17) is 10.5 Å². The Morgan fingerprint density at radius 3 is 2.10 bits per heavy atom. The lowest BCUT2D eigenvalue weighted by molar-refractivity contribution is 0.479. The van der Waals surface area contributed by atoms with Gasteiger partial charge in [-0.1, -0.05) is 12.1 Å². The van der Waals surface area contributed by atoms with Gasteiger partial charge in [-0.15, -0.1) is 0 Å². The topological polar surface area (TPSA) is 97.0 Å². The van der Waals surface area contributed by atoms with Crippen LogP contribution >= 0.6 is 0 Å². The quantitative estimate of drug-likeness (QED) is 0.789. The summed E-state index contributed by atoms with van der Waals surface area (Å²) in [5.41, 5.74) is 0.957. The Morgan fingerprint density at radius 2 is 1.70 bits per heavy atom. The summed E-state index contributed by atoms with van der Waals surface area (Å²) in [4.78, 5) is 0.0788. The number of rotatable bonds is 6. The van der Waals surface area contributed by atoms with Gasteiger partial charge in [0.25, 0.3) is 0 Å². The molecule has 0 aromatic heterocycles. The number of sulfonamides is 1. The van der Waals surface area contributed by atoms with Crippen LogP contribution in [-0.2, 0) is 10.0 Å². The van der Waals surface area contributed by atoms with Gasteiger partial charge in [0.1, 0.15) is 13.1 Å². The van der Waals surface area contributed by atoms with E-state index >= 15 is 0 Å². The second kappa shape index (κ2) is 7.01. The largest absolute Gasteiger partial charge is 0.313 e. The summed E-state index contributed by atoms with van der Waals surface area (Å²) in [5, 5.41) is 20.4. The highest BCUT2D eigenvalue weighted by atomic mass is 32.2. The first kappa shape index (κ1) is 16.1. The van der Waals surface area contributed by atoms with Crippen LogP contribution in [0.25, 0.3) is 0 Å². The van der Waals surface area contributed by atoms with Gasteiger partial charge in [0, 0.05) is 6.04 Å². The van der Waals surface area contributed by atoms with Crippen LogP contribution in [0.1, 0.15) is 18.5 Å². The van der Waals surface area contributed by atoms with Crippen LogP contribution < -0.4 is 5.32 Å².